The molecule has 3 N–H and O–H groups in total. The van der Waals surface area contributed by atoms with E-state index in [1.165, 1.54) is 12.4 Å². The molecule has 1 fully saturated rings. The fourth-order valence-electron chi connectivity index (χ4n) is 4.83. The standard InChI is InChI=1S/C29H39N7O4/c1-27(2,3)22-13-23(35-40-22)34-26(38)33-19-11-9-18(10-12-19)32-25(37)21-16-31-24(17-30-21)39-20-14-28(4,5)36(8)29(6,7)15-20/h9-13,16-17,20H,14-15H2,1-8H3,(H,32,37)(H2,33,34,35,38). The number of urea groups is 1. The highest BCUT2D eigenvalue weighted by molar-refractivity contribution is 6.03. The zero-order valence-electron chi connectivity index (χ0n) is 24.5. The largest absolute Gasteiger partial charge is 0.473 e. The summed E-state index contributed by atoms with van der Waals surface area (Å²) in [4.78, 5) is 36.0. The van der Waals surface area contributed by atoms with Crippen molar-refractivity contribution in [3.05, 3.63) is 54.2 Å². The van der Waals surface area contributed by atoms with Crippen LogP contribution >= 0.6 is 0 Å². The second kappa shape index (κ2) is 10.9. The van der Waals surface area contributed by atoms with Crippen LogP contribution in [0, 0.1) is 0 Å². The molecule has 4 rings (SSSR count). The SMILES string of the molecule is CN1C(C)(C)CC(Oc2cnc(C(=O)Nc3ccc(NC(=O)Nc4cc(C(C)(C)C)on4)cc3)cn2)CC1(C)C. The molecule has 3 amide bonds. The molecule has 1 aliphatic rings. The van der Waals surface area contributed by atoms with Gasteiger partial charge in [0.15, 0.2) is 5.82 Å². The van der Waals surface area contributed by atoms with Crippen LogP contribution in [0.4, 0.5) is 22.0 Å². The molecule has 40 heavy (non-hydrogen) atoms. The number of ether oxygens (including phenoxy) is 1. The fraction of sp³-hybridized carbons (Fsp3) is 0.483. The first-order chi connectivity index (χ1) is 18.6. The summed E-state index contributed by atoms with van der Waals surface area (Å²) in [6.07, 6.45) is 4.62. The van der Waals surface area contributed by atoms with E-state index in [0.717, 1.165) is 12.8 Å². The third-order valence-electron chi connectivity index (χ3n) is 7.31. The van der Waals surface area contributed by atoms with Gasteiger partial charge in [-0.05, 0) is 59.0 Å². The van der Waals surface area contributed by atoms with Crippen molar-refractivity contribution in [1.82, 2.24) is 20.0 Å². The number of benzene rings is 1. The molecule has 0 bridgehead atoms. The quantitative estimate of drug-likeness (QED) is 0.357. The van der Waals surface area contributed by atoms with Gasteiger partial charge in [0.05, 0.1) is 12.4 Å². The smallest absolute Gasteiger partial charge is 0.324 e. The Morgan fingerprint density at radius 3 is 2.08 bits per heavy atom. The Balaban J connectivity index is 1.29. The van der Waals surface area contributed by atoms with Crippen molar-refractivity contribution >= 4 is 29.1 Å². The number of hydrogen-bond acceptors (Lipinski definition) is 8. The van der Waals surface area contributed by atoms with Gasteiger partial charge in [-0.15, -0.1) is 0 Å². The van der Waals surface area contributed by atoms with Gasteiger partial charge in [0.25, 0.3) is 5.91 Å². The normalized spacial score (nSPS) is 17.2. The number of piperidine rings is 1. The Labute approximate surface area is 235 Å². The predicted octanol–water partition coefficient (Wildman–Crippen LogP) is 5.69. The van der Waals surface area contributed by atoms with E-state index in [1.54, 1.807) is 30.3 Å². The molecule has 1 aromatic carbocycles. The van der Waals surface area contributed by atoms with E-state index in [9.17, 15) is 9.59 Å². The molecule has 1 saturated heterocycles. The third-order valence-corrected chi connectivity index (χ3v) is 7.31. The van der Waals surface area contributed by atoms with E-state index >= 15 is 0 Å². The number of aromatic nitrogens is 3. The Bertz CT molecular complexity index is 1320. The van der Waals surface area contributed by atoms with E-state index in [0.29, 0.717) is 28.8 Å². The molecule has 11 nitrogen and oxygen atoms in total. The molecule has 0 spiro atoms. The number of rotatable bonds is 6. The average molecular weight is 550 g/mol. The fourth-order valence-corrected chi connectivity index (χ4v) is 4.83. The first-order valence-corrected chi connectivity index (χ1v) is 13.3. The molecule has 3 aromatic rings. The van der Waals surface area contributed by atoms with Crippen molar-refractivity contribution in [1.29, 1.82) is 0 Å². The van der Waals surface area contributed by atoms with E-state index in [4.69, 9.17) is 9.26 Å². The monoisotopic (exact) mass is 549 g/mol. The third kappa shape index (κ3) is 6.95. The number of likely N-dealkylation sites (tertiary alicyclic amines) is 1. The summed E-state index contributed by atoms with van der Waals surface area (Å²) in [5.74, 6) is 0.981. The van der Waals surface area contributed by atoms with Crippen LogP contribution in [0.5, 0.6) is 5.88 Å². The van der Waals surface area contributed by atoms with Crippen LogP contribution in [0.15, 0.2) is 47.2 Å². The second-order valence-corrected chi connectivity index (χ2v) is 12.5. The minimum Gasteiger partial charge on any atom is -0.473 e. The number of nitrogens with one attached hydrogen (secondary N) is 3. The summed E-state index contributed by atoms with van der Waals surface area (Å²) in [5.41, 5.74) is 1.01. The van der Waals surface area contributed by atoms with Gasteiger partial charge in [0.1, 0.15) is 17.6 Å². The van der Waals surface area contributed by atoms with Crippen LogP contribution in [-0.4, -0.2) is 56.2 Å². The maximum Gasteiger partial charge on any atom is 0.324 e. The van der Waals surface area contributed by atoms with Gasteiger partial charge < -0.3 is 19.9 Å². The van der Waals surface area contributed by atoms with Crippen LogP contribution in [0.1, 0.15) is 77.6 Å². The second-order valence-electron chi connectivity index (χ2n) is 12.5. The topological polar surface area (TPSA) is 135 Å². The molecule has 0 radical (unpaired) electrons. The molecular formula is C29H39N7O4. The summed E-state index contributed by atoms with van der Waals surface area (Å²) in [6, 6.07) is 7.93. The lowest BCUT2D eigenvalue weighted by Gasteiger charge is -2.53. The summed E-state index contributed by atoms with van der Waals surface area (Å²) in [6.45, 7) is 14.8. The lowest BCUT2D eigenvalue weighted by atomic mass is 9.79. The van der Waals surface area contributed by atoms with Crippen LogP contribution in [0.2, 0.25) is 0 Å². The summed E-state index contributed by atoms with van der Waals surface area (Å²) < 4.78 is 11.4. The van der Waals surface area contributed by atoms with Gasteiger partial charge in [0.2, 0.25) is 5.88 Å². The van der Waals surface area contributed by atoms with E-state index in [-0.39, 0.29) is 28.3 Å². The zero-order chi connectivity index (χ0) is 29.3. The van der Waals surface area contributed by atoms with E-state index in [1.807, 2.05) is 20.8 Å². The van der Waals surface area contributed by atoms with Crippen molar-refractivity contribution in [3.8, 4) is 5.88 Å². The number of hydrogen-bond donors (Lipinski definition) is 3. The molecule has 0 saturated carbocycles. The Morgan fingerprint density at radius 1 is 0.950 bits per heavy atom. The van der Waals surface area contributed by atoms with Gasteiger partial charge in [-0.1, -0.05) is 25.9 Å². The van der Waals surface area contributed by atoms with Gasteiger partial charge in [-0.2, -0.15) is 0 Å². The average Bonchev–Trinajstić information content (AvgIpc) is 3.33. The minimum atomic E-state index is -0.462. The molecular weight excluding hydrogens is 510 g/mol. The molecule has 11 heteroatoms. The maximum atomic E-state index is 12.7. The number of carbonyl (C=O) groups is 2. The lowest BCUT2D eigenvalue weighted by molar-refractivity contribution is -0.0567. The van der Waals surface area contributed by atoms with Gasteiger partial charge in [-0.25, -0.2) is 14.8 Å². The molecule has 0 unspecified atom stereocenters. The van der Waals surface area contributed by atoms with Crippen molar-refractivity contribution < 1.29 is 18.8 Å². The number of nitrogens with zero attached hydrogens (tertiary/aromatic N) is 4. The van der Waals surface area contributed by atoms with E-state index in [2.05, 4.69) is 70.7 Å². The molecule has 0 aliphatic carbocycles. The molecule has 3 heterocycles. The number of carbonyl (C=O) groups excluding carboxylic acids is 2. The summed E-state index contributed by atoms with van der Waals surface area (Å²) in [7, 11) is 2.15. The predicted molar refractivity (Wildman–Crippen MR) is 154 cm³/mol. The Morgan fingerprint density at radius 2 is 1.55 bits per heavy atom. The first kappa shape index (κ1) is 29.0. The number of amides is 3. The molecule has 2 aromatic heterocycles. The van der Waals surface area contributed by atoms with Crippen LogP contribution in [0.3, 0.4) is 0 Å². The van der Waals surface area contributed by atoms with Crippen LogP contribution < -0.4 is 20.7 Å². The van der Waals surface area contributed by atoms with E-state index < -0.39 is 11.9 Å². The first-order valence-electron chi connectivity index (χ1n) is 13.3. The molecule has 214 valence electrons. The lowest BCUT2D eigenvalue weighted by Crippen LogP contribution is -2.60. The highest BCUT2D eigenvalue weighted by Gasteiger charge is 2.44. The Kier molecular flexibility index (Phi) is 7.89. The van der Waals surface area contributed by atoms with Gasteiger partial charge in [-0.3, -0.25) is 15.0 Å². The number of anilines is 3. The summed E-state index contributed by atoms with van der Waals surface area (Å²) >= 11 is 0. The van der Waals surface area contributed by atoms with Crippen LogP contribution in [-0.2, 0) is 5.41 Å². The molecule has 0 atom stereocenters. The zero-order valence-corrected chi connectivity index (χ0v) is 24.5. The van der Waals surface area contributed by atoms with Gasteiger partial charge >= 0.3 is 6.03 Å². The molecule has 1 aliphatic heterocycles. The highest BCUT2D eigenvalue weighted by atomic mass is 16.5. The van der Waals surface area contributed by atoms with Crippen molar-refractivity contribution in [2.24, 2.45) is 0 Å². The van der Waals surface area contributed by atoms with Crippen LogP contribution in [0.25, 0.3) is 0 Å². The van der Waals surface area contributed by atoms with Gasteiger partial charge in [0, 0.05) is 46.8 Å². The van der Waals surface area contributed by atoms with Crippen molar-refractivity contribution in [3.63, 3.8) is 0 Å². The maximum absolute atomic E-state index is 12.7. The van der Waals surface area contributed by atoms with Crippen molar-refractivity contribution in [2.45, 2.75) is 83.9 Å². The minimum absolute atomic E-state index is 0.00120. The highest BCUT2D eigenvalue weighted by Crippen LogP contribution is 2.38. The van der Waals surface area contributed by atoms with Crippen molar-refractivity contribution in [2.75, 3.05) is 23.0 Å². The summed E-state index contributed by atoms with van der Waals surface area (Å²) in [5, 5.41) is 12.0. The Hall–Kier alpha value is -3.99.